The number of rotatable bonds is 5. The van der Waals surface area contributed by atoms with Crippen molar-refractivity contribution in [1.82, 2.24) is 0 Å². The van der Waals surface area contributed by atoms with Crippen LogP contribution in [-0.2, 0) is 4.74 Å². The summed E-state index contributed by atoms with van der Waals surface area (Å²) in [5.41, 5.74) is 2.39. The van der Waals surface area contributed by atoms with E-state index in [1.165, 1.54) is 24.8 Å². The zero-order valence-electron chi connectivity index (χ0n) is 17.8. The van der Waals surface area contributed by atoms with E-state index in [1.54, 1.807) is 0 Å². The minimum atomic E-state index is -1.79. The molecule has 0 aromatic rings. The molecule has 4 aliphatic carbocycles. The molecule has 3 saturated carbocycles. The number of aliphatic hydroxyl groups is 3. The molecule has 0 aliphatic heterocycles. The summed E-state index contributed by atoms with van der Waals surface area (Å²) in [6, 6.07) is 0. The third kappa shape index (κ3) is 3.30. The van der Waals surface area contributed by atoms with E-state index in [1.807, 2.05) is 0 Å². The third-order valence-electron chi connectivity index (χ3n) is 8.45. The molecule has 3 fully saturated rings. The molecule has 0 saturated heterocycles. The highest BCUT2D eigenvalue weighted by Crippen LogP contribution is 2.64. The lowest BCUT2D eigenvalue weighted by Crippen LogP contribution is -2.55. The van der Waals surface area contributed by atoms with Crippen LogP contribution in [0.3, 0.4) is 0 Å². The molecule has 0 aromatic heterocycles. The lowest BCUT2D eigenvalue weighted by Gasteiger charge is -2.56. The fraction of sp³-hybridized carbons (Fsp3) is 0.833. The first-order valence-electron chi connectivity index (χ1n) is 11.3. The SMILES string of the molecule is CC(C)CCOC[C@@]12CCC[C@H]1C1=CC=C3CC(O)(O)CC(O)[C@]3(C)[C@H]1CC2. The van der Waals surface area contributed by atoms with Gasteiger partial charge >= 0.3 is 0 Å². The highest BCUT2D eigenvalue weighted by Gasteiger charge is 2.58. The Hall–Kier alpha value is -0.680. The second kappa shape index (κ2) is 7.23. The van der Waals surface area contributed by atoms with Gasteiger partial charge in [-0.2, -0.15) is 0 Å². The van der Waals surface area contributed by atoms with Crippen molar-refractivity contribution >= 4 is 0 Å². The van der Waals surface area contributed by atoms with Crippen LogP contribution in [0.4, 0.5) is 0 Å². The molecule has 0 spiro atoms. The van der Waals surface area contributed by atoms with Gasteiger partial charge in [-0.1, -0.05) is 50.5 Å². The van der Waals surface area contributed by atoms with Gasteiger partial charge in [-0.25, -0.2) is 0 Å². The second-order valence-corrected chi connectivity index (χ2v) is 10.7. The Bertz CT molecular complexity index is 664. The number of allylic oxidation sites excluding steroid dienone is 3. The van der Waals surface area contributed by atoms with E-state index in [0.717, 1.165) is 38.0 Å². The van der Waals surface area contributed by atoms with Gasteiger partial charge in [0.05, 0.1) is 12.7 Å². The Morgan fingerprint density at radius 1 is 1.14 bits per heavy atom. The highest BCUT2D eigenvalue weighted by atomic mass is 16.5. The predicted molar refractivity (Wildman–Crippen MR) is 109 cm³/mol. The molecule has 5 atom stereocenters. The summed E-state index contributed by atoms with van der Waals surface area (Å²) in [5, 5.41) is 31.3. The van der Waals surface area contributed by atoms with Gasteiger partial charge < -0.3 is 20.1 Å². The van der Waals surface area contributed by atoms with Crippen molar-refractivity contribution in [1.29, 1.82) is 0 Å². The van der Waals surface area contributed by atoms with Crippen molar-refractivity contribution in [3.8, 4) is 0 Å². The summed E-state index contributed by atoms with van der Waals surface area (Å²) in [5.74, 6) is -0.255. The zero-order chi connectivity index (χ0) is 20.2. The molecule has 3 N–H and O–H groups in total. The number of aliphatic hydroxyl groups excluding tert-OH is 1. The van der Waals surface area contributed by atoms with Crippen molar-refractivity contribution in [3.63, 3.8) is 0 Å². The number of hydrogen-bond donors (Lipinski definition) is 3. The van der Waals surface area contributed by atoms with Gasteiger partial charge in [0.25, 0.3) is 0 Å². The van der Waals surface area contributed by atoms with E-state index in [-0.39, 0.29) is 23.7 Å². The minimum absolute atomic E-state index is 0.0404. The Labute approximate surface area is 169 Å². The monoisotopic (exact) mass is 390 g/mol. The maximum atomic E-state index is 11.0. The Balaban J connectivity index is 1.57. The van der Waals surface area contributed by atoms with Gasteiger partial charge in [-0.15, -0.1) is 0 Å². The fourth-order valence-electron chi connectivity index (χ4n) is 6.71. The molecule has 0 amide bonds. The lowest BCUT2D eigenvalue weighted by molar-refractivity contribution is -0.211. The average molecular weight is 391 g/mol. The van der Waals surface area contributed by atoms with Gasteiger partial charge in [0.1, 0.15) is 0 Å². The highest BCUT2D eigenvalue weighted by molar-refractivity contribution is 5.40. The lowest BCUT2D eigenvalue weighted by atomic mass is 9.50. The molecule has 0 heterocycles. The van der Waals surface area contributed by atoms with E-state index >= 15 is 0 Å². The maximum Gasteiger partial charge on any atom is 0.168 e. The van der Waals surface area contributed by atoms with Crippen LogP contribution in [0.25, 0.3) is 0 Å². The molecule has 158 valence electrons. The van der Waals surface area contributed by atoms with Gasteiger partial charge in [-0.3, -0.25) is 0 Å². The van der Waals surface area contributed by atoms with Crippen molar-refractivity contribution in [2.45, 2.75) is 84.0 Å². The zero-order valence-corrected chi connectivity index (χ0v) is 17.8. The van der Waals surface area contributed by atoms with E-state index in [2.05, 4.69) is 32.9 Å². The topological polar surface area (TPSA) is 69.9 Å². The van der Waals surface area contributed by atoms with Crippen molar-refractivity contribution in [3.05, 3.63) is 23.3 Å². The molecule has 28 heavy (non-hydrogen) atoms. The molecule has 4 aliphatic rings. The largest absolute Gasteiger partial charge is 0.392 e. The van der Waals surface area contributed by atoms with Gasteiger partial charge in [0.15, 0.2) is 5.79 Å². The number of ether oxygens (including phenoxy) is 1. The summed E-state index contributed by atoms with van der Waals surface area (Å²) in [6.07, 6.45) is 11.0. The number of fused-ring (bicyclic) bond motifs is 5. The predicted octanol–water partition coefficient (Wildman–Crippen LogP) is 3.95. The Morgan fingerprint density at radius 2 is 1.93 bits per heavy atom. The van der Waals surface area contributed by atoms with Crippen molar-refractivity contribution in [2.24, 2.45) is 28.6 Å². The van der Waals surface area contributed by atoms with Crippen LogP contribution in [0.15, 0.2) is 23.3 Å². The average Bonchev–Trinajstić information content (AvgIpc) is 3.04. The number of hydrogen-bond acceptors (Lipinski definition) is 4. The quantitative estimate of drug-likeness (QED) is 0.491. The van der Waals surface area contributed by atoms with E-state index < -0.39 is 11.9 Å². The van der Waals surface area contributed by atoms with Crippen LogP contribution in [0.1, 0.15) is 72.1 Å². The van der Waals surface area contributed by atoms with Crippen LogP contribution >= 0.6 is 0 Å². The molecule has 0 bridgehead atoms. The smallest absolute Gasteiger partial charge is 0.168 e. The van der Waals surface area contributed by atoms with Gasteiger partial charge in [-0.05, 0) is 49.9 Å². The van der Waals surface area contributed by atoms with Crippen LogP contribution < -0.4 is 0 Å². The van der Waals surface area contributed by atoms with Gasteiger partial charge in [0.2, 0.25) is 0 Å². The van der Waals surface area contributed by atoms with E-state index in [0.29, 0.717) is 17.8 Å². The second-order valence-electron chi connectivity index (χ2n) is 10.7. The minimum Gasteiger partial charge on any atom is -0.392 e. The molecule has 1 unspecified atom stereocenters. The summed E-state index contributed by atoms with van der Waals surface area (Å²) < 4.78 is 6.19. The van der Waals surface area contributed by atoms with Gasteiger partial charge in [0, 0.05) is 30.3 Å². The summed E-state index contributed by atoms with van der Waals surface area (Å²) in [6.45, 7) is 8.35. The molecule has 0 aromatic carbocycles. The van der Waals surface area contributed by atoms with E-state index in [9.17, 15) is 15.3 Å². The molecule has 4 rings (SSSR count). The van der Waals surface area contributed by atoms with Crippen LogP contribution in [-0.4, -0.2) is 40.4 Å². The van der Waals surface area contributed by atoms with Crippen LogP contribution in [0, 0.1) is 28.6 Å². The van der Waals surface area contributed by atoms with E-state index in [4.69, 9.17) is 4.74 Å². The normalized spacial score (nSPS) is 41.8. The maximum absolute atomic E-state index is 11.0. The Morgan fingerprint density at radius 3 is 2.68 bits per heavy atom. The third-order valence-corrected chi connectivity index (χ3v) is 8.45. The van der Waals surface area contributed by atoms with Crippen LogP contribution in [0.5, 0.6) is 0 Å². The summed E-state index contributed by atoms with van der Waals surface area (Å²) in [4.78, 5) is 0. The molecular formula is C24H38O4. The fourth-order valence-corrected chi connectivity index (χ4v) is 6.71. The first-order valence-corrected chi connectivity index (χ1v) is 11.3. The first-order chi connectivity index (χ1) is 13.2. The molecular weight excluding hydrogens is 352 g/mol. The first kappa shape index (κ1) is 20.6. The molecule has 4 nitrogen and oxygen atoms in total. The van der Waals surface area contributed by atoms with Crippen molar-refractivity contribution < 1.29 is 20.1 Å². The Kier molecular flexibility index (Phi) is 5.31. The summed E-state index contributed by atoms with van der Waals surface area (Å²) in [7, 11) is 0. The molecule has 4 heteroatoms. The van der Waals surface area contributed by atoms with Crippen molar-refractivity contribution in [2.75, 3.05) is 13.2 Å². The van der Waals surface area contributed by atoms with Crippen LogP contribution in [0.2, 0.25) is 0 Å². The standard InChI is InChI=1S/C24H38O4/c1-16(2)9-12-28-15-23-10-4-5-20(23)18-7-6-17-13-24(26,27)14-21(25)22(17,3)19(18)8-11-23/h6-7,16,19-21,25-27H,4-5,8-15H2,1-3H3/t19-,20-,21?,22-,23-/m0/s1. The summed E-state index contributed by atoms with van der Waals surface area (Å²) >= 11 is 0. The molecule has 0 radical (unpaired) electrons.